The number of amides is 1. The Labute approximate surface area is 148 Å². The van der Waals surface area contributed by atoms with Crippen LogP contribution in [0.5, 0.6) is 0 Å². The van der Waals surface area contributed by atoms with Crippen LogP contribution in [0.4, 0.5) is 0 Å². The molecule has 2 fully saturated rings. The molecule has 1 aliphatic heterocycles. The van der Waals surface area contributed by atoms with E-state index in [0.29, 0.717) is 12.3 Å². The highest BCUT2D eigenvalue weighted by Gasteiger charge is 2.47. The van der Waals surface area contributed by atoms with Crippen LogP contribution in [0.3, 0.4) is 0 Å². The monoisotopic (exact) mass is 337 g/mol. The highest BCUT2D eigenvalue weighted by Crippen LogP contribution is 2.48. The van der Waals surface area contributed by atoms with Crippen molar-refractivity contribution in [3.63, 3.8) is 0 Å². The normalized spacial score (nSPS) is 31.0. The smallest absolute Gasteiger partial charge is 0.220 e. The highest BCUT2D eigenvalue weighted by atomic mass is 16.5. The van der Waals surface area contributed by atoms with Gasteiger partial charge in [0.05, 0.1) is 0 Å². The zero-order valence-corrected chi connectivity index (χ0v) is 16.7. The molecule has 0 aromatic carbocycles. The van der Waals surface area contributed by atoms with E-state index in [1.807, 2.05) is 27.7 Å². The Morgan fingerprint density at radius 1 is 1.12 bits per heavy atom. The lowest BCUT2D eigenvalue weighted by Gasteiger charge is -2.50. The summed E-state index contributed by atoms with van der Waals surface area (Å²) in [6.07, 6.45) is 4.57. The number of hydroxylamine groups is 2. The van der Waals surface area contributed by atoms with E-state index in [2.05, 4.69) is 26.1 Å². The third kappa shape index (κ3) is 4.72. The van der Waals surface area contributed by atoms with Crippen molar-refractivity contribution in [2.24, 2.45) is 23.7 Å². The van der Waals surface area contributed by atoms with E-state index in [1.54, 1.807) is 0 Å². The van der Waals surface area contributed by atoms with Crippen molar-refractivity contribution in [2.45, 2.75) is 97.7 Å². The van der Waals surface area contributed by atoms with Crippen LogP contribution >= 0.6 is 0 Å². The fraction of sp³-hybridized carbons (Fsp3) is 0.950. The Morgan fingerprint density at radius 3 is 2.17 bits per heavy atom. The molecule has 1 radical (unpaired) electrons. The topological polar surface area (TPSA) is 52.2 Å². The van der Waals surface area contributed by atoms with Gasteiger partial charge in [-0.1, -0.05) is 20.8 Å². The summed E-state index contributed by atoms with van der Waals surface area (Å²) >= 11 is 0. The van der Waals surface area contributed by atoms with Crippen LogP contribution in [-0.4, -0.2) is 28.1 Å². The summed E-state index contributed by atoms with van der Waals surface area (Å²) in [5, 5.41) is 16.8. The minimum Gasteiger partial charge on any atom is -0.353 e. The van der Waals surface area contributed by atoms with Gasteiger partial charge in [0.2, 0.25) is 5.91 Å². The van der Waals surface area contributed by atoms with Crippen molar-refractivity contribution in [3.8, 4) is 0 Å². The summed E-state index contributed by atoms with van der Waals surface area (Å²) in [6, 6.07) is 0.109. The van der Waals surface area contributed by atoms with Gasteiger partial charge in [-0.2, -0.15) is 0 Å². The van der Waals surface area contributed by atoms with Crippen LogP contribution in [-0.2, 0) is 10.0 Å². The van der Waals surface area contributed by atoms with E-state index in [9.17, 15) is 10.0 Å². The summed E-state index contributed by atoms with van der Waals surface area (Å²) in [7, 11) is 0. The molecular formula is C20H37N2O2. The first-order valence-electron chi connectivity index (χ1n) is 9.69. The number of nitrogens with zero attached hydrogens (tertiary/aromatic N) is 1. The van der Waals surface area contributed by atoms with Gasteiger partial charge in [-0.15, -0.1) is 10.3 Å². The van der Waals surface area contributed by atoms with Crippen molar-refractivity contribution in [1.82, 2.24) is 10.4 Å². The average molecular weight is 338 g/mol. The van der Waals surface area contributed by atoms with Crippen LogP contribution in [0.2, 0.25) is 0 Å². The molecule has 0 bridgehead atoms. The highest BCUT2D eigenvalue weighted by molar-refractivity contribution is 5.77. The molecule has 24 heavy (non-hydrogen) atoms. The molecule has 4 heteroatoms. The van der Waals surface area contributed by atoms with Crippen LogP contribution < -0.4 is 5.32 Å². The summed E-state index contributed by atoms with van der Waals surface area (Å²) < 4.78 is 0. The predicted molar refractivity (Wildman–Crippen MR) is 96.7 cm³/mol. The Balaban J connectivity index is 1.81. The van der Waals surface area contributed by atoms with E-state index in [-0.39, 0.29) is 11.9 Å². The summed E-state index contributed by atoms with van der Waals surface area (Å²) in [6.45, 7) is 14.8. The minimum absolute atomic E-state index is 0.109. The van der Waals surface area contributed by atoms with Crippen LogP contribution in [0.15, 0.2) is 0 Å². The van der Waals surface area contributed by atoms with Gasteiger partial charge < -0.3 is 5.32 Å². The molecule has 0 spiro atoms. The fourth-order valence-corrected chi connectivity index (χ4v) is 5.01. The van der Waals surface area contributed by atoms with Crippen LogP contribution in [0, 0.1) is 23.7 Å². The summed E-state index contributed by atoms with van der Waals surface area (Å²) in [5.74, 6) is 2.94. The molecular weight excluding hydrogens is 300 g/mol. The second-order valence-corrected chi connectivity index (χ2v) is 10.1. The largest absolute Gasteiger partial charge is 0.353 e. The SMILES string of the molecule is CC(C)C[C@H](C)C1CC1CC(=O)NC1CC(C)(C)N([O])C(C)(C)C1. The van der Waals surface area contributed by atoms with E-state index in [1.165, 1.54) is 17.9 Å². The maximum Gasteiger partial charge on any atom is 0.220 e. The first kappa shape index (κ1) is 19.7. The Bertz CT molecular complexity index is 441. The minimum atomic E-state index is -0.423. The zero-order chi connectivity index (χ0) is 18.3. The standard InChI is InChI=1S/C20H37N2O2/c1-13(2)8-14(3)17-9-15(17)10-18(23)21-16-11-19(4,5)22(24)20(6,7)12-16/h13-17H,8-12H2,1-7H3,(H,21,23)/t14-,15?,17?/m0/s1. The number of rotatable bonds is 6. The van der Waals surface area contributed by atoms with E-state index < -0.39 is 11.1 Å². The average Bonchev–Trinajstić information content (AvgIpc) is 3.13. The molecule has 139 valence electrons. The Morgan fingerprint density at radius 2 is 1.67 bits per heavy atom. The summed E-state index contributed by atoms with van der Waals surface area (Å²) in [4.78, 5) is 12.5. The molecule has 0 aromatic heterocycles. The predicted octanol–water partition coefficient (Wildman–Crippen LogP) is 4.18. The van der Waals surface area contributed by atoms with Gasteiger partial charge in [0.15, 0.2) is 0 Å². The molecule has 2 rings (SSSR count). The molecule has 0 aromatic rings. The number of carbonyl (C=O) groups is 1. The van der Waals surface area contributed by atoms with E-state index in [0.717, 1.165) is 30.6 Å². The number of hydrogen-bond donors (Lipinski definition) is 1. The third-order valence-corrected chi connectivity index (χ3v) is 5.96. The lowest BCUT2D eigenvalue weighted by molar-refractivity contribution is -0.290. The lowest BCUT2D eigenvalue weighted by Crippen LogP contribution is -2.62. The van der Waals surface area contributed by atoms with Crippen LogP contribution in [0.1, 0.15) is 80.6 Å². The Hall–Kier alpha value is -0.610. The van der Waals surface area contributed by atoms with Crippen LogP contribution in [0.25, 0.3) is 0 Å². The molecule has 1 heterocycles. The third-order valence-electron chi connectivity index (χ3n) is 5.96. The Kier molecular flexibility index (Phi) is 5.71. The second kappa shape index (κ2) is 6.95. The molecule has 1 saturated heterocycles. The van der Waals surface area contributed by atoms with E-state index in [4.69, 9.17) is 0 Å². The van der Waals surface area contributed by atoms with Gasteiger partial charge in [0.1, 0.15) is 0 Å². The van der Waals surface area contributed by atoms with Gasteiger partial charge >= 0.3 is 0 Å². The quantitative estimate of drug-likeness (QED) is 0.790. The van der Waals surface area contributed by atoms with Gasteiger partial charge in [0.25, 0.3) is 0 Å². The van der Waals surface area contributed by atoms with E-state index >= 15 is 0 Å². The molecule has 1 aliphatic carbocycles. The van der Waals surface area contributed by atoms with Gasteiger partial charge in [0, 0.05) is 23.5 Å². The number of carbonyl (C=O) groups excluding carboxylic acids is 1. The second-order valence-electron chi connectivity index (χ2n) is 10.1. The van der Waals surface area contributed by atoms with Gasteiger partial charge in [-0.3, -0.25) is 4.79 Å². The van der Waals surface area contributed by atoms with Crippen molar-refractivity contribution in [1.29, 1.82) is 0 Å². The van der Waals surface area contributed by atoms with Crippen molar-refractivity contribution < 1.29 is 10.0 Å². The molecule has 1 amide bonds. The molecule has 1 N–H and O–H groups in total. The number of nitrogens with one attached hydrogen (secondary N) is 1. The molecule has 2 unspecified atom stereocenters. The van der Waals surface area contributed by atoms with Gasteiger partial charge in [-0.25, -0.2) is 0 Å². The van der Waals surface area contributed by atoms with Crippen molar-refractivity contribution in [2.75, 3.05) is 0 Å². The molecule has 3 atom stereocenters. The van der Waals surface area contributed by atoms with Crippen molar-refractivity contribution in [3.05, 3.63) is 0 Å². The van der Waals surface area contributed by atoms with Crippen molar-refractivity contribution >= 4 is 5.91 Å². The first-order valence-corrected chi connectivity index (χ1v) is 9.69. The fourth-order valence-electron chi connectivity index (χ4n) is 5.01. The lowest BCUT2D eigenvalue weighted by atomic mass is 9.79. The zero-order valence-electron chi connectivity index (χ0n) is 16.7. The molecule has 4 nitrogen and oxygen atoms in total. The summed E-state index contributed by atoms with van der Waals surface area (Å²) in [5.41, 5.74) is -0.846. The molecule has 2 aliphatic rings. The first-order chi connectivity index (χ1) is 10.9. The maximum absolute atomic E-state index is 12.5. The number of hydrogen-bond acceptors (Lipinski definition) is 2. The molecule has 1 saturated carbocycles. The maximum atomic E-state index is 12.5. The number of piperidine rings is 1. The van der Waals surface area contributed by atoms with Gasteiger partial charge in [-0.05, 0) is 77.0 Å².